The molecule has 0 aromatic carbocycles. The molecule has 104 valence electrons. The van der Waals surface area contributed by atoms with Crippen LogP contribution in [0.5, 0.6) is 0 Å². The zero-order valence-corrected chi connectivity index (χ0v) is 11.7. The van der Waals surface area contributed by atoms with Crippen LogP contribution in [0.4, 0.5) is 0 Å². The predicted molar refractivity (Wildman–Crippen MR) is 79.0 cm³/mol. The fraction of sp³-hybridized carbons (Fsp3) is 0.600. The molecule has 4 nitrogen and oxygen atoms in total. The monoisotopic (exact) mass is 260 g/mol. The van der Waals surface area contributed by atoms with Gasteiger partial charge in [-0.25, -0.2) is 4.99 Å². The van der Waals surface area contributed by atoms with Crippen LogP contribution < -0.4 is 11.1 Å². The molecule has 1 saturated carbocycles. The van der Waals surface area contributed by atoms with Crippen LogP contribution in [0.2, 0.25) is 0 Å². The van der Waals surface area contributed by atoms with E-state index in [4.69, 9.17) is 5.73 Å². The summed E-state index contributed by atoms with van der Waals surface area (Å²) in [4.78, 5) is 8.80. The molecular formula is C15H24N4. The maximum Gasteiger partial charge on any atom is 0.189 e. The predicted octanol–water partition coefficient (Wildman–Crippen LogP) is 2.38. The first-order chi connectivity index (χ1) is 9.29. The Kier molecular flexibility index (Phi) is 5.19. The van der Waals surface area contributed by atoms with Crippen molar-refractivity contribution in [3.8, 4) is 0 Å². The van der Waals surface area contributed by atoms with Crippen LogP contribution in [0.15, 0.2) is 23.3 Å². The molecular weight excluding hydrogens is 236 g/mol. The average Bonchev–Trinajstić information content (AvgIpc) is 2.46. The van der Waals surface area contributed by atoms with E-state index >= 15 is 0 Å². The molecule has 0 unspecified atom stereocenters. The van der Waals surface area contributed by atoms with Crippen molar-refractivity contribution in [2.45, 2.75) is 58.0 Å². The van der Waals surface area contributed by atoms with E-state index in [2.05, 4.69) is 28.3 Å². The highest BCUT2D eigenvalue weighted by Gasteiger charge is 2.13. The minimum atomic E-state index is 0.506. The van der Waals surface area contributed by atoms with E-state index in [1.165, 1.54) is 37.7 Å². The Morgan fingerprint density at radius 1 is 1.42 bits per heavy atom. The van der Waals surface area contributed by atoms with Crippen LogP contribution in [0.1, 0.15) is 50.3 Å². The number of aromatic nitrogens is 1. The molecule has 19 heavy (non-hydrogen) atoms. The summed E-state index contributed by atoms with van der Waals surface area (Å²) >= 11 is 0. The second kappa shape index (κ2) is 7.12. The fourth-order valence-corrected chi connectivity index (χ4v) is 2.60. The Morgan fingerprint density at radius 2 is 2.21 bits per heavy atom. The van der Waals surface area contributed by atoms with Gasteiger partial charge in [0.2, 0.25) is 0 Å². The molecule has 0 aliphatic heterocycles. The summed E-state index contributed by atoms with van der Waals surface area (Å²) in [6.45, 7) is 2.70. The number of nitrogens with zero attached hydrogens (tertiary/aromatic N) is 2. The summed E-state index contributed by atoms with van der Waals surface area (Å²) in [5.41, 5.74) is 8.23. The van der Waals surface area contributed by atoms with Crippen LogP contribution in [-0.4, -0.2) is 17.0 Å². The number of nitrogens with one attached hydrogen (secondary N) is 1. The van der Waals surface area contributed by atoms with E-state index in [0.717, 1.165) is 12.1 Å². The van der Waals surface area contributed by atoms with Crippen molar-refractivity contribution in [3.05, 3.63) is 29.6 Å². The Balaban J connectivity index is 1.89. The summed E-state index contributed by atoms with van der Waals surface area (Å²) in [6.07, 6.45) is 9.16. The summed E-state index contributed by atoms with van der Waals surface area (Å²) in [5.74, 6) is 0.555. The van der Waals surface area contributed by atoms with Gasteiger partial charge in [-0.05, 0) is 30.9 Å². The smallest absolute Gasteiger partial charge is 0.189 e. The molecule has 0 atom stereocenters. The molecule has 1 aliphatic carbocycles. The highest BCUT2D eigenvalue weighted by Crippen LogP contribution is 2.17. The van der Waals surface area contributed by atoms with Gasteiger partial charge in [0.05, 0.1) is 12.2 Å². The van der Waals surface area contributed by atoms with Crippen LogP contribution in [0, 0.1) is 0 Å². The lowest BCUT2D eigenvalue weighted by Gasteiger charge is -2.23. The zero-order chi connectivity index (χ0) is 13.5. The van der Waals surface area contributed by atoms with Gasteiger partial charge in [0.15, 0.2) is 5.96 Å². The fourth-order valence-electron chi connectivity index (χ4n) is 2.60. The first kappa shape index (κ1) is 13.8. The third-order valence-electron chi connectivity index (χ3n) is 3.72. The summed E-state index contributed by atoms with van der Waals surface area (Å²) in [5, 5.41) is 3.33. The first-order valence-corrected chi connectivity index (χ1v) is 7.29. The minimum absolute atomic E-state index is 0.506. The maximum absolute atomic E-state index is 5.96. The molecule has 0 amide bonds. The normalized spacial score (nSPS) is 17.4. The molecule has 0 spiro atoms. The van der Waals surface area contributed by atoms with Crippen molar-refractivity contribution in [3.63, 3.8) is 0 Å². The Morgan fingerprint density at radius 3 is 2.95 bits per heavy atom. The molecule has 0 saturated heterocycles. The molecule has 1 aromatic heterocycles. The van der Waals surface area contributed by atoms with Crippen molar-refractivity contribution in [2.75, 3.05) is 0 Å². The van der Waals surface area contributed by atoms with Crippen molar-refractivity contribution >= 4 is 5.96 Å². The van der Waals surface area contributed by atoms with Gasteiger partial charge in [-0.2, -0.15) is 0 Å². The number of guanidine groups is 1. The molecule has 0 radical (unpaired) electrons. The van der Waals surface area contributed by atoms with Gasteiger partial charge in [-0.3, -0.25) is 4.98 Å². The summed E-state index contributed by atoms with van der Waals surface area (Å²) in [6, 6.07) is 4.57. The summed E-state index contributed by atoms with van der Waals surface area (Å²) < 4.78 is 0. The van der Waals surface area contributed by atoms with Crippen molar-refractivity contribution < 1.29 is 0 Å². The highest BCUT2D eigenvalue weighted by molar-refractivity contribution is 5.78. The molecule has 1 aromatic rings. The Labute approximate surface area is 115 Å². The SMILES string of the molecule is CCc1cccnc1CN=C(N)NC1CCCCC1. The lowest BCUT2D eigenvalue weighted by molar-refractivity contribution is 0.412. The molecule has 3 N–H and O–H groups in total. The lowest BCUT2D eigenvalue weighted by atomic mass is 9.96. The number of hydrogen-bond acceptors (Lipinski definition) is 2. The number of rotatable bonds is 4. The number of hydrogen-bond donors (Lipinski definition) is 2. The molecule has 0 bridgehead atoms. The van der Waals surface area contributed by atoms with Crippen LogP contribution in [-0.2, 0) is 13.0 Å². The van der Waals surface area contributed by atoms with E-state index in [9.17, 15) is 0 Å². The minimum Gasteiger partial charge on any atom is -0.370 e. The molecule has 4 heteroatoms. The van der Waals surface area contributed by atoms with Gasteiger partial charge < -0.3 is 11.1 Å². The van der Waals surface area contributed by atoms with Crippen molar-refractivity contribution in [1.82, 2.24) is 10.3 Å². The quantitative estimate of drug-likeness (QED) is 0.645. The summed E-state index contributed by atoms with van der Waals surface area (Å²) in [7, 11) is 0. The molecule has 2 rings (SSSR count). The van der Waals surface area contributed by atoms with Crippen LogP contribution >= 0.6 is 0 Å². The van der Waals surface area contributed by atoms with Gasteiger partial charge in [-0.1, -0.05) is 32.3 Å². The van der Waals surface area contributed by atoms with Crippen LogP contribution in [0.3, 0.4) is 0 Å². The molecule has 1 aliphatic rings. The second-order valence-corrected chi connectivity index (χ2v) is 5.14. The van der Waals surface area contributed by atoms with Gasteiger partial charge in [0.1, 0.15) is 0 Å². The average molecular weight is 260 g/mol. The standard InChI is InChI=1S/C15H24N4/c1-2-12-7-6-10-17-14(12)11-18-15(16)19-13-8-4-3-5-9-13/h6-7,10,13H,2-5,8-9,11H2,1H3,(H3,16,18,19). The number of aliphatic imine (C=N–C) groups is 1. The van der Waals surface area contributed by atoms with Gasteiger partial charge in [0, 0.05) is 12.2 Å². The van der Waals surface area contributed by atoms with Gasteiger partial charge >= 0.3 is 0 Å². The van der Waals surface area contributed by atoms with E-state index in [1.807, 2.05) is 12.3 Å². The third kappa shape index (κ3) is 4.23. The third-order valence-corrected chi connectivity index (χ3v) is 3.72. The number of nitrogens with two attached hydrogens (primary N) is 1. The van der Waals surface area contributed by atoms with E-state index < -0.39 is 0 Å². The van der Waals surface area contributed by atoms with Crippen molar-refractivity contribution in [2.24, 2.45) is 10.7 Å². The molecule has 1 heterocycles. The van der Waals surface area contributed by atoms with Crippen LogP contribution in [0.25, 0.3) is 0 Å². The number of pyridine rings is 1. The van der Waals surface area contributed by atoms with Gasteiger partial charge in [-0.15, -0.1) is 0 Å². The Bertz CT molecular complexity index is 422. The van der Waals surface area contributed by atoms with Gasteiger partial charge in [0.25, 0.3) is 0 Å². The lowest BCUT2D eigenvalue weighted by Crippen LogP contribution is -2.41. The highest BCUT2D eigenvalue weighted by atomic mass is 15.1. The zero-order valence-electron chi connectivity index (χ0n) is 11.7. The molecule has 1 fully saturated rings. The van der Waals surface area contributed by atoms with E-state index in [-0.39, 0.29) is 0 Å². The first-order valence-electron chi connectivity index (χ1n) is 7.29. The topological polar surface area (TPSA) is 63.3 Å². The second-order valence-electron chi connectivity index (χ2n) is 5.14. The Hall–Kier alpha value is -1.58. The number of aryl methyl sites for hydroxylation is 1. The van der Waals surface area contributed by atoms with E-state index in [1.54, 1.807) is 0 Å². The maximum atomic E-state index is 5.96. The van der Waals surface area contributed by atoms with Crippen molar-refractivity contribution in [1.29, 1.82) is 0 Å². The van der Waals surface area contributed by atoms with E-state index in [0.29, 0.717) is 18.5 Å². The largest absolute Gasteiger partial charge is 0.370 e.